The second kappa shape index (κ2) is 5.77. The molecule has 0 radical (unpaired) electrons. The number of H-pyrrole nitrogens is 1. The van der Waals surface area contributed by atoms with E-state index in [1.165, 1.54) is 0 Å². The molecular weight excluding hydrogens is 340 g/mol. The van der Waals surface area contributed by atoms with Crippen LogP contribution in [0.25, 0.3) is 38.8 Å². The number of nitrogens with one attached hydrogen (secondary N) is 1. The lowest BCUT2D eigenvalue weighted by atomic mass is 10.1. The van der Waals surface area contributed by atoms with Crippen molar-refractivity contribution in [1.29, 1.82) is 0 Å². The van der Waals surface area contributed by atoms with Crippen molar-refractivity contribution in [2.45, 2.75) is 0 Å². The van der Waals surface area contributed by atoms with Crippen LogP contribution < -0.4 is 11.3 Å². The molecule has 3 N–H and O–H groups in total. The van der Waals surface area contributed by atoms with E-state index in [9.17, 15) is 4.79 Å². The number of benzene rings is 2. The summed E-state index contributed by atoms with van der Waals surface area (Å²) in [5, 5.41) is 12.3. The maximum absolute atomic E-state index is 12.3. The van der Waals surface area contributed by atoms with Crippen LogP contribution in [0.3, 0.4) is 0 Å². The molecule has 5 rings (SSSR count). The molecule has 0 saturated heterocycles. The first-order valence-corrected chi connectivity index (χ1v) is 8.40. The van der Waals surface area contributed by atoms with Gasteiger partial charge in [0, 0.05) is 17.1 Å². The highest BCUT2D eigenvalue weighted by molar-refractivity contribution is 6.01. The van der Waals surface area contributed by atoms with Crippen LogP contribution >= 0.6 is 0 Å². The van der Waals surface area contributed by atoms with Gasteiger partial charge in [-0.1, -0.05) is 36.4 Å². The summed E-state index contributed by atoms with van der Waals surface area (Å²) in [4.78, 5) is 16.8. The number of para-hydroxylation sites is 2. The molecule has 0 fully saturated rings. The summed E-state index contributed by atoms with van der Waals surface area (Å²) in [6.07, 6.45) is 1.76. The number of pyridine rings is 1. The highest BCUT2D eigenvalue weighted by atomic mass is 16.1. The molecule has 0 unspecified atom stereocenters. The Morgan fingerprint density at radius 2 is 1.78 bits per heavy atom. The Morgan fingerprint density at radius 3 is 2.63 bits per heavy atom. The van der Waals surface area contributed by atoms with Gasteiger partial charge in [-0.05, 0) is 24.3 Å². The summed E-state index contributed by atoms with van der Waals surface area (Å²) in [6, 6.07) is 19.4. The number of nitrogens with zero attached hydrogens (tertiary/aromatic N) is 4. The predicted molar refractivity (Wildman–Crippen MR) is 105 cm³/mol. The number of aromatic nitrogens is 5. The third-order valence-electron chi connectivity index (χ3n) is 4.50. The third kappa shape index (κ3) is 2.36. The van der Waals surface area contributed by atoms with Gasteiger partial charge in [0.25, 0.3) is 5.56 Å². The zero-order chi connectivity index (χ0) is 18.4. The fourth-order valence-electron chi connectivity index (χ4n) is 3.26. The molecule has 0 spiro atoms. The average Bonchev–Trinajstić information content (AvgIpc) is 3.13. The fraction of sp³-hybridized carbons (Fsp3) is 0. The molecule has 2 aromatic carbocycles. The molecule has 0 saturated carbocycles. The van der Waals surface area contributed by atoms with Crippen LogP contribution in [0.1, 0.15) is 0 Å². The smallest absolute Gasteiger partial charge is 0.292 e. The quantitative estimate of drug-likeness (QED) is 0.507. The van der Waals surface area contributed by atoms with E-state index in [0.29, 0.717) is 11.1 Å². The standard InChI is InChI=1S/C20H14N6O/c21-19-16-17(20(27)24-23-19)25-26(14-7-2-1-3-8-14)18(16)13-10-12-6-4-5-9-15(12)22-11-13/h1-11H,(H2,21,23)(H,24,27). The van der Waals surface area contributed by atoms with E-state index in [0.717, 1.165) is 22.2 Å². The van der Waals surface area contributed by atoms with E-state index < -0.39 is 0 Å². The second-order valence-electron chi connectivity index (χ2n) is 6.17. The van der Waals surface area contributed by atoms with Crippen LogP contribution in [-0.4, -0.2) is 25.0 Å². The monoisotopic (exact) mass is 354 g/mol. The zero-order valence-corrected chi connectivity index (χ0v) is 14.1. The molecule has 27 heavy (non-hydrogen) atoms. The summed E-state index contributed by atoms with van der Waals surface area (Å²) in [5.74, 6) is 0.218. The van der Waals surface area contributed by atoms with Crippen LogP contribution in [0.4, 0.5) is 5.82 Å². The molecule has 0 aliphatic carbocycles. The van der Waals surface area contributed by atoms with E-state index in [1.807, 2.05) is 60.7 Å². The normalized spacial score (nSPS) is 11.3. The summed E-state index contributed by atoms with van der Waals surface area (Å²) in [5.41, 5.74) is 9.17. The van der Waals surface area contributed by atoms with Gasteiger partial charge in [-0.15, -0.1) is 0 Å². The van der Waals surface area contributed by atoms with E-state index in [1.54, 1.807) is 10.9 Å². The lowest BCUT2D eigenvalue weighted by molar-refractivity contribution is 0.898. The Labute approximate surface area is 153 Å². The number of hydrogen-bond donors (Lipinski definition) is 2. The van der Waals surface area contributed by atoms with Gasteiger partial charge in [0.2, 0.25) is 0 Å². The van der Waals surface area contributed by atoms with Gasteiger partial charge in [-0.25, -0.2) is 9.78 Å². The second-order valence-corrected chi connectivity index (χ2v) is 6.17. The highest BCUT2D eigenvalue weighted by Gasteiger charge is 2.20. The predicted octanol–water partition coefficient (Wildman–Crippen LogP) is 2.91. The number of anilines is 1. The number of nitrogens with two attached hydrogens (primary N) is 1. The fourth-order valence-corrected chi connectivity index (χ4v) is 3.26. The minimum atomic E-state index is -0.385. The first-order valence-electron chi connectivity index (χ1n) is 8.40. The molecule has 5 aromatic rings. The van der Waals surface area contributed by atoms with Crippen molar-refractivity contribution in [1.82, 2.24) is 25.0 Å². The molecule has 0 bridgehead atoms. The van der Waals surface area contributed by atoms with Crippen molar-refractivity contribution in [3.05, 3.63) is 77.2 Å². The molecule has 0 aliphatic rings. The number of rotatable bonds is 2. The summed E-state index contributed by atoms with van der Waals surface area (Å²) in [7, 11) is 0. The average molecular weight is 354 g/mol. The molecule has 0 atom stereocenters. The lowest BCUT2D eigenvalue weighted by Gasteiger charge is -2.09. The maximum atomic E-state index is 12.3. The molecule has 130 valence electrons. The van der Waals surface area contributed by atoms with Gasteiger partial charge in [0.05, 0.1) is 22.3 Å². The van der Waals surface area contributed by atoms with E-state index in [2.05, 4.69) is 20.3 Å². The van der Waals surface area contributed by atoms with E-state index >= 15 is 0 Å². The van der Waals surface area contributed by atoms with Crippen molar-refractivity contribution in [2.75, 3.05) is 5.73 Å². The minimum Gasteiger partial charge on any atom is -0.382 e. The molecule has 0 aliphatic heterocycles. The first kappa shape index (κ1) is 15.3. The van der Waals surface area contributed by atoms with Gasteiger partial charge in [-0.3, -0.25) is 9.78 Å². The van der Waals surface area contributed by atoms with E-state index in [4.69, 9.17) is 5.73 Å². The number of fused-ring (bicyclic) bond motifs is 2. The molecule has 7 heteroatoms. The Hall–Kier alpha value is -4.00. The van der Waals surface area contributed by atoms with Crippen molar-refractivity contribution in [2.24, 2.45) is 0 Å². The number of nitrogen functional groups attached to an aromatic ring is 1. The van der Waals surface area contributed by atoms with Gasteiger partial charge in [0.15, 0.2) is 11.3 Å². The Balaban J connectivity index is 1.91. The van der Waals surface area contributed by atoms with Crippen LogP contribution in [0.5, 0.6) is 0 Å². The Bertz CT molecular complexity index is 1350. The van der Waals surface area contributed by atoms with Crippen LogP contribution in [-0.2, 0) is 0 Å². The first-order chi connectivity index (χ1) is 13.2. The van der Waals surface area contributed by atoms with Crippen LogP contribution in [0.15, 0.2) is 71.7 Å². The molecular formula is C20H14N6O. The highest BCUT2D eigenvalue weighted by Crippen LogP contribution is 2.33. The van der Waals surface area contributed by atoms with Crippen LogP contribution in [0.2, 0.25) is 0 Å². The largest absolute Gasteiger partial charge is 0.382 e. The number of aromatic amines is 1. The Morgan fingerprint density at radius 1 is 1.00 bits per heavy atom. The molecule has 0 amide bonds. The summed E-state index contributed by atoms with van der Waals surface area (Å²) >= 11 is 0. The van der Waals surface area contributed by atoms with E-state index in [-0.39, 0.29) is 16.9 Å². The Kier molecular flexibility index (Phi) is 3.26. The van der Waals surface area contributed by atoms with Gasteiger partial charge in [0.1, 0.15) is 0 Å². The topological polar surface area (TPSA) is 102 Å². The van der Waals surface area contributed by atoms with Crippen molar-refractivity contribution in [3.63, 3.8) is 0 Å². The van der Waals surface area contributed by atoms with Crippen molar-refractivity contribution >= 4 is 27.6 Å². The van der Waals surface area contributed by atoms with Gasteiger partial charge in [-0.2, -0.15) is 10.2 Å². The maximum Gasteiger partial charge on any atom is 0.292 e. The molecule has 7 nitrogen and oxygen atoms in total. The summed E-state index contributed by atoms with van der Waals surface area (Å²) in [6.45, 7) is 0. The third-order valence-corrected chi connectivity index (χ3v) is 4.50. The summed E-state index contributed by atoms with van der Waals surface area (Å²) < 4.78 is 1.71. The SMILES string of the molecule is Nc1n[nH]c(=O)c2nn(-c3ccccc3)c(-c3cnc4ccccc4c3)c12. The minimum absolute atomic E-state index is 0.218. The molecule has 3 aromatic heterocycles. The van der Waals surface area contributed by atoms with Crippen molar-refractivity contribution in [3.8, 4) is 16.9 Å². The van der Waals surface area contributed by atoms with Gasteiger partial charge >= 0.3 is 0 Å². The lowest BCUT2D eigenvalue weighted by Crippen LogP contribution is -2.10. The van der Waals surface area contributed by atoms with Crippen LogP contribution in [0, 0.1) is 0 Å². The van der Waals surface area contributed by atoms with Gasteiger partial charge < -0.3 is 5.73 Å². The zero-order valence-electron chi connectivity index (χ0n) is 14.1. The van der Waals surface area contributed by atoms with Crippen molar-refractivity contribution < 1.29 is 0 Å². The number of hydrogen-bond acceptors (Lipinski definition) is 5. The molecule has 3 heterocycles.